The van der Waals surface area contributed by atoms with E-state index in [9.17, 15) is 9.59 Å². The molecular formula is C26H34N2O4. The predicted molar refractivity (Wildman–Crippen MR) is 124 cm³/mol. The van der Waals surface area contributed by atoms with E-state index in [0.717, 1.165) is 0 Å². The number of esters is 2. The summed E-state index contributed by atoms with van der Waals surface area (Å²) in [6, 6.07) is 18.7. The highest BCUT2D eigenvalue weighted by molar-refractivity contribution is 5.70. The van der Waals surface area contributed by atoms with E-state index in [1.165, 1.54) is 0 Å². The second kappa shape index (κ2) is 12.1. The monoisotopic (exact) mass is 438 g/mol. The summed E-state index contributed by atoms with van der Waals surface area (Å²) in [5, 5.41) is 9.21. The van der Waals surface area contributed by atoms with Crippen LogP contribution in [0.1, 0.15) is 77.3 Å². The van der Waals surface area contributed by atoms with E-state index in [4.69, 9.17) is 9.47 Å². The Morgan fingerprint density at radius 3 is 1.28 bits per heavy atom. The minimum absolute atomic E-state index is 0.285. The lowest BCUT2D eigenvalue weighted by molar-refractivity contribution is -0.168. The Morgan fingerprint density at radius 1 is 0.656 bits per heavy atom. The normalized spacial score (nSPS) is 15.0. The number of benzene rings is 2. The van der Waals surface area contributed by atoms with Crippen molar-refractivity contribution in [2.75, 3.05) is 0 Å². The number of azo groups is 1. The molecule has 2 aromatic carbocycles. The van der Waals surface area contributed by atoms with Crippen molar-refractivity contribution in [2.45, 2.75) is 77.7 Å². The standard InChI is InChI=1S/C26H34N2O4/c1-5-15-23(29)31-25(7-3,21-17-11-9-12-18-21)27-28-26(8-4,32-24(30)16-6-2)22-19-13-10-14-20-22/h9-14,17-20H,5-8,15-16H2,1-4H3/b28-27+. The Kier molecular flexibility index (Phi) is 9.57. The van der Waals surface area contributed by atoms with E-state index in [-0.39, 0.29) is 24.8 Å². The molecule has 2 aromatic rings. The Balaban J connectivity index is 2.58. The van der Waals surface area contributed by atoms with Crippen LogP contribution >= 0.6 is 0 Å². The minimum atomic E-state index is -1.31. The smallest absolute Gasteiger partial charge is 0.308 e. The predicted octanol–water partition coefficient (Wildman–Crippen LogP) is 6.65. The second-order valence-electron chi connectivity index (χ2n) is 7.66. The molecule has 0 fully saturated rings. The van der Waals surface area contributed by atoms with Crippen LogP contribution in [0.3, 0.4) is 0 Å². The van der Waals surface area contributed by atoms with Gasteiger partial charge in [-0.05, 0) is 12.8 Å². The van der Waals surface area contributed by atoms with Crippen LogP contribution in [0.2, 0.25) is 0 Å². The van der Waals surface area contributed by atoms with Crippen molar-refractivity contribution in [1.29, 1.82) is 0 Å². The van der Waals surface area contributed by atoms with Crippen molar-refractivity contribution in [3.05, 3.63) is 71.8 Å². The number of hydrogen-bond donors (Lipinski definition) is 0. The summed E-state index contributed by atoms with van der Waals surface area (Å²) in [5.74, 6) is -0.691. The van der Waals surface area contributed by atoms with Gasteiger partial charge in [-0.1, -0.05) is 88.4 Å². The molecule has 0 saturated heterocycles. The molecule has 0 radical (unpaired) electrons. The summed E-state index contributed by atoms with van der Waals surface area (Å²) in [6.07, 6.45) is 2.67. The van der Waals surface area contributed by atoms with Gasteiger partial charge in [-0.15, -0.1) is 10.2 Å². The van der Waals surface area contributed by atoms with Crippen LogP contribution in [-0.4, -0.2) is 11.9 Å². The van der Waals surface area contributed by atoms with Crippen molar-refractivity contribution >= 4 is 11.9 Å². The summed E-state index contributed by atoms with van der Waals surface area (Å²) in [4.78, 5) is 25.0. The molecule has 0 heterocycles. The van der Waals surface area contributed by atoms with Gasteiger partial charge in [-0.3, -0.25) is 9.59 Å². The molecule has 0 bridgehead atoms. The van der Waals surface area contributed by atoms with E-state index < -0.39 is 11.4 Å². The average molecular weight is 439 g/mol. The summed E-state index contributed by atoms with van der Waals surface area (Å²) in [7, 11) is 0. The summed E-state index contributed by atoms with van der Waals surface area (Å²) in [6.45, 7) is 7.63. The first-order valence-corrected chi connectivity index (χ1v) is 11.4. The lowest BCUT2D eigenvalue weighted by Crippen LogP contribution is -2.33. The van der Waals surface area contributed by atoms with Crippen LogP contribution in [0.4, 0.5) is 0 Å². The quantitative estimate of drug-likeness (QED) is 0.274. The van der Waals surface area contributed by atoms with E-state index in [0.29, 0.717) is 36.8 Å². The third-order valence-corrected chi connectivity index (χ3v) is 5.25. The highest BCUT2D eigenvalue weighted by atomic mass is 16.6. The Hall–Kier alpha value is -3.02. The van der Waals surface area contributed by atoms with E-state index in [2.05, 4.69) is 10.2 Å². The van der Waals surface area contributed by atoms with E-state index >= 15 is 0 Å². The third kappa shape index (κ3) is 6.25. The minimum Gasteiger partial charge on any atom is -0.431 e. The molecule has 0 amide bonds. The van der Waals surface area contributed by atoms with Crippen LogP contribution in [0, 0.1) is 0 Å². The maximum Gasteiger partial charge on any atom is 0.308 e. The first kappa shape index (κ1) is 25.2. The lowest BCUT2D eigenvalue weighted by atomic mass is 9.99. The van der Waals surface area contributed by atoms with Gasteiger partial charge in [0.25, 0.3) is 0 Å². The molecule has 0 spiro atoms. The molecule has 0 aliphatic carbocycles. The fourth-order valence-electron chi connectivity index (χ4n) is 3.41. The molecule has 6 nitrogen and oxygen atoms in total. The zero-order valence-corrected chi connectivity index (χ0v) is 19.5. The number of carbonyl (C=O) groups excluding carboxylic acids is 2. The van der Waals surface area contributed by atoms with Gasteiger partial charge in [0.1, 0.15) is 0 Å². The molecule has 6 heteroatoms. The molecule has 0 saturated carbocycles. The van der Waals surface area contributed by atoms with Crippen LogP contribution < -0.4 is 0 Å². The fourth-order valence-corrected chi connectivity index (χ4v) is 3.41. The van der Waals surface area contributed by atoms with Gasteiger partial charge in [0.05, 0.1) is 0 Å². The van der Waals surface area contributed by atoms with Gasteiger partial charge in [-0.25, -0.2) is 0 Å². The molecule has 172 valence electrons. The largest absolute Gasteiger partial charge is 0.431 e. The van der Waals surface area contributed by atoms with Gasteiger partial charge in [0.2, 0.25) is 11.4 Å². The molecule has 2 rings (SSSR count). The van der Waals surface area contributed by atoms with Crippen LogP contribution in [0.25, 0.3) is 0 Å². The summed E-state index contributed by atoms with van der Waals surface area (Å²) in [5.41, 5.74) is -1.18. The van der Waals surface area contributed by atoms with Crippen LogP contribution in [0.15, 0.2) is 70.9 Å². The molecule has 0 aliphatic heterocycles. The van der Waals surface area contributed by atoms with Crippen molar-refractivity contribution in [3.63, 3.8) is 0 Å². The molecule has 0 N–H and O–H groups in total. The highest BCUT2D eigenvalue weighted by Crippen LogP contribution is 2.38. The fraction of sp³-hybridized carbons (Fsp3) is 0.462. The summed E-state index contributed by atoms with van der Waals surface area (Å²) >= 11 is 0. The van der Waals surface area contributed by atoms with Crippen LogP contribution in [0.5, 0.6) is 0 Å². The van der Waals surface area contributed by atoms with Crippen molar-refractivity contribution in [2.24, 2.45) is 10.2 Å². The molecule has 0 aromatic heterocycles. The van der Waals surface area contributed by atoms with Crippen molar-refractivity contribution in [1.82, 2.24) is 0 Å². The molecule has 2 unspecified atom stereocenters. The van der Waals surface area contributed by atoms with Gasteiger partial charge in [0.15, 0.2) is 0 Å². The highest BCUT2D eigenvalue weighted by Gasteiger charge is 2.39. The topological polar surface area (TPSA) is 77.3 Å². The molecule has 32 heavy (non-hydrogen) atoms. The zero-order valence-electron chi connectivity index (χ0n) is 19.5. The number of ether oxygens (including phenoxy) is 2. The molecule has 2 atom stereocenters. The number of nitrogens with zero attached hydrogens (tertiary/aromatic N) is 2. The number of hydrogen-bond acceptors (Lipinski definition) is 6. The molecular weight excluding hydrogens is 404 g/mol. The SMILES string of the molecule is CCCC(=O)OC(CC)(/N=N/C(CC)(OC(=O)CCC)c1ccccc1)c1ccccc1. The Labute approximate surface area is 191 Å². The van der Waals surface area contributed by atoms with Crippen molar-refractivity contribution in [3.8, 4) is 0 Å². The summed E-state index contributed by atoms with van der Waals surface area (Å²) < 4.78 is 11.8. The molecule has 0 aliphatic rings. The first-order valence-electron chi connectivity index (χ1n) is 11.4. The Morgan fingerprint density at radius 2 is 1.00 bits per heavy atom. The van der Waals surface area contributed by atoms with Gasteiger partial charge in [-0.2, -0.15) is 0 Å². The van der Waals surface area contributed by atoms with E-state index in [1.54, 1.807) is 0 Å². The zero-order chi connectivity index (χ0) is 23.5. The number of carbonyl (C=O) groups is 2. The first-order chi connectivity index (χ1) is 15.4. The van der Waals surface area contributed by atoms with Gasteiger partial charge < -0.3 is 9.47 Å². The van der Waals surface area contributed by atoms with Crippen LogP contribution in [-0.2, 0) is 30.5 Å². The lowest BCUT2D eigenvalue weighted by Gasteiger charge is -2.32. The van der Waals surface area contributed by atoms with Gasteiger partial charge >= 0.3 is 11.9 Å². The van der Waals surface area contributed by atoms with Crippen molar-refractivity contribution < 1.29 is 19.1 Å². The number of rotatable bonds is 12. The third-order valence-electron chi connectivity index (χ3n) is 5.25. The Bertz CT molecular complexity index is 812. The van der Waals surface area contributed by atoms with E-state index in [1.807, 2.05) is 88.4 Å². The maximum atomic E-state index is 12.5. The second-order valence-corrected chi connectivity index (χ2v) is 7.66. The van der Waals surface area contributed by atoms with Gasteiger partial charge in [0, 0.05) is 36.8 Å². The maximum absolute atomic E-state index is 12.5. The average Bonchev–Trinajstić information content (AvgIpc) is 2.82.